The molecule has 1 aliphatic rings. The SMILES string of the molecule is Cc1cccc(C)c1C(=O)n1c(C)cc2cc(NC(=O)C3CC3)ccc21. The lowest BCUT2D eigenvalue weighted by atomic mass is 10.0. The molecule has 4 nitrogen and oxygen atoms in total. The van der Waals surface area contributed by atoms with Gasteiger partial charge in [0.1, 0.15) is 0 Å². The van der Waals surface area contributed by atoms with Gasteiger partial charge < -0.3 is 5.32 Å². The summed E-state index contributed by atoms with van der Waals surface area (Å²) in [4.78, 5) is 25.2. The number of rotatable bonds is 3. The third-order valence-corrected chi connectivity index (χ3v) is 5.10. The van der Waals surface area contributed by atoms with Crippen molar-refractivity contribution in [3.05, 3.63) is 64.8 Å². The van der Waals surface area contributed by atoms with Crippen molar-refractivity contribution in [2.75, 3.05) is 5.32 Å². The second-order valence-electron chi connectivity index (χ2n) is 7.23. The molecular weight excluding hydrogens is 324 g/mol. The molecule has 1 N–H and O–H groups in total. The quantitative estimate of drug-likeness (QED) is 0.753. The lowest BCUT2D eigenvalue weighted by Crippen LogP contribution is -2.16. The van der Waals surface area contributed by atoms with Crippen LogP contribution in [0.2, 0.25) is 0 Å². The van der Waals surface area contributed by atoms with Crippen LogP contribution in [0, 0.1) is 26.7 Å². The van der Waals surface area contributed by atoms with E-state index in [4.69, 9.17) is 0 Å². The van der Waals surface area contributed by atoms with Crippen LogP contribution in [0.1, 0.15) is 40.0 Å². The Labute approximate surface area is 152 Å². The molecule has 1 fully saturated rings. The van der Waals surface area contributed by atoms with E-state index in [-0.39, 0.29) is 17.7 Å². The topological polar surface area (TPSA) is 51.1 Å². The third-order valence-electron chi connectivity index (χ3n) is 5.10. The molecule has 1 amide bonds. The normalized spacial score (nSPS) is 13.8. The number of anilines is 1. The van der Waals surface area contributed by atoms with Crippen molar-refractivity contribution >= 4 is 28.4 Å². The minimum atomic E-state index is -0.0112. The van der Waals surface area contributed by atoms with E-state index in [1.54, 1.807) is 4.57 Å². The molecule has 2 aromatic carbocycles. The van der Waals surface area contributed by atoms with Crippen molar-refractivity contribution in [1.29, 1.82) is 0 Å². The van der Waals surface area contributed by atoms with E-state index in [0.717, 1.165) is 51.8 Å². The Morgan fingerprint density at radius 3 is 2.35 bits per heavy atom. The Hall–Kier alpha value is -2.88. The van der Waals surface area contributed by atoms with E-state index in [0.29, 0.717) is 0 Å². The molecule has 26 heavy (non-hydrogen) atoms. The summed E-state index contributed by atoms with van der Waals surface area (Å²) < 4.78 is 1.76. The van der Waals surface area contributed by atoms with Crippen molar-refractivity contribution < 1.29 is 9.59 Å². The standard InChI is InChI=1S/C22H22N2O2/c1-13-5-4-6-14(2)20(13)22(26)24-15(3)11-17-12-18(9-10-19(17)24)23-21(25)16-7-8-16/h4-6,9-12,16H,7-8H2,1-3H3,(H,23,25). The highest BCUT2D eigenvalue weighted by atomic mass is 16.2. The largest absolute Gasteiger partial charge is 0.326 e. The van der Waals surface area contributed by atoms with Gasteiger partial charge in [-0.15, -0.1) is 0 Å². The van der Waals surface area contributed by atoms with Crippen molar-refractivity contribution in [3.8, 4) is 0 Å². The van der Waals surface area contributed by atoms with Crippen LogP contribution in [-0.4, -0.2) is 16.4 Å². The molecule has 0 unspecified atom stereocenters. The molecular formula is C22H22N2O2. The van der Waals surface area contributed by atoms with Crippen LogP contribution in [-0.2, 0) is 4.79 Å². The first-order valence-electron chi connectivity index (χ1n) is 8.99. The zero-order valence-corrected chi connectivity index (χ0v) is 15.3. The number of aryl methyl sites for hydroxylation is 3. The van der Waals surface area contributed by atoms with Crippen molar-refractivity contribution in [3.63, 3.8) is 0 Å². The van der Waals surface area contributed by atoms with E-state index in [1.807, 2.05) is 63.2 Å². The number of nitrogens with one attached hydrogen (secondary N) is 1. The zero-order chi connectivity index (χ0) is 18.4. The molecule has 4 rings (SSSR count). The number of amides is 1. The summed E-state index contributed by atoms with van der Waals surface area (Å²) in [5.74, 6) is 0.248. The molecule has 3 aromatic rings. The second-order valence-corrected chi connectivity index (χ2v) is 7.23. The molecule has 132 valence electrons. The van der Waals surface area contributed by atoms with Gasteiger partial charge >= 0.3 is 0 Å². The van der Waals surface area contributed by atoms with Crippen LogP contribution in [0.5, 0.6) is 0 Å². The first-order valence-corrected chi connectivity index (χ1v) is 8.99. The summed E-state index contributed by atoms with van der Waals surface area (Å²) in [6.45, 7) is 5.87. The average Bonchev–Trinajstić information content (AvgIpc) is 3.37. The van der Waals surface area contributed by atoms with Gasteiger partial charge in [0.2, 0.25) is 5.91 Å². The number of carbonyl (C=O) groups excluding carboxylic acids is 2. The van der Waals surface area contributed by atoms with Crippen molar-refractivity contribution in [2.24, 2.45) is 5.92 Å². The Bertz CT molecular complexity index is 1020. The molecule has 1 aliphatic carbocycles. The number of hydrogen-bond donors (Lipinski definition) is 1. The molecule has 0 radical (unpaired) electrons. The fourth-order valence-corrected chi connectivity index (χ4v) is 3.55. The van der Waals surface area contributed by atoms with Gasteiger partial charge in [0.15, 0.2) is 0 Å². The van der Waals surface area contributed by atoms with Crippen LogP contribution in [0.15, 0.2) is 42.5 Å². The lowest BCUT2D eigenvalue weighted by Gasteiger charge is -2.12. The Balaban J connectivity index is 1.74. The summed E-state index contributed by atoms with van der Waals surface area (Å²) in [5.41, 5.74) is 5.23. The van der Waals surface area contributed by atoms with Gasteiger partial charge in [0.05, 0.1) is 5.52 Å². The van der Waals surface area contributed by atoms with Gasteiger partial charge in [-0.3, -0.25) is 14.2 Å². The number of benzene rings is 2. The Kier molecular flexibility index (Phi) is 3.91. The molecule has 0 saturated heterocycles. The number of hydrogen-bond acceptors (Lipinski definition) is 2. The smallest absolute Gasteiger partial charge is 0.263 e. The average molecular weight is 346 g/mol. The minimum absolute atomic E-state index is 0.0112. The highest BCUT2D eigenvalue weighted by Gasteiger charge is 2.29. The number of carbonyl (C=O) groups is 2. The van der Waals surface area contributed by atoms with Crippen molar-refractivity contribution in [2.45, 2.75) is 33.6 Å². The first-order chi connectivity index (χ1) is 12.5. The maximum atomic E-state index is 13.2. The van der Waals surface area contributed by atoms with Gasteiger partial charge in [0.25, 0.3) is 5.91 Å². The van der Waals surface area contributed by atoms with Gasteiger partial charge in [-0.25, -0.2) is 0 Å². The maximum absolute atomic E-state index is 13.2. The molecule has 1 aromatic heterocycles. The molecule has 1 heterocycles. The Morgan fingerprint density at radius 2 is 1.69 bits per heavy atom. The van der Waals surface area contributed by atoms with Crippen molar-refractivity contribution in [1.82, 2.24) is 4.57 Å². The predicted octanol–water partition coefficient (Wildman–Crippen LogP) is 4.60. The van der Waals surface area contributed by atoms with Crippen LogP contribution >= 0.6 is 0 Å². The first kappa shape index (κ1) is 16.6. The van der Waals surface area contributed by atoms with E-state index in [9.17, 15) is 9.59 Å². The number of fused-ring (bicyclic) bond motifs is 1. The summed E-state index contributed by atoms with van der Waals surface area (Å²) in [6, 6.07) is 13.6. The fourth-order valence-electron chi connectivity index (χ4n) is 3.55. The molecule has 4 heteroatoms. The molecule has 0 atom stereocenters. The monoisotopic (exact) mass is 346 g/mol. The number of aromatic nitrogens is 1. The van der Waals surface area contributed by atoms with Crippen LogP contribution in [0.25, 0.3) is 10.9 Å². The predicted molar refractivity (Wildman–Crippen MR) is 104 cm³/mol. The molecule has 1 saturated carbocycles. The van der Waals surface area contributed by atoms with Crippen LogP contribution in [0.3, 0.4) is 0 Å². The van der Waals surface area contributed by atoms with Gasteiger partial charge in [-0.2, -0.15) is 0 Å². The third kappa shape index (κ3) is 2.81. The second kappa shape index (κ2) is 6.13. The lowest BCUT2D eigenvalue weighted by molar-refractivity contribution is -0.117. The van der Waals surface area contributed by atoms with E-state index >= 15 is 0 Å². The highest BCUT2D eigenvalue weighted by Crippen LogP contribution is 2.31. The van der Waals surface area contributed by atoms with Gasteiger partial charge in [0, 0.05) is 28.2 Å². The van der Waals surface area contributed by atoms with Crippen LogP contribution < -0.4 is 5.32 Å². The van der Waals surface area contributed by atoms with Crippen LogP contribution in [0.4, 0.5) is 5.69 Å². The maximum Gasteiger partial charge on any atom is 0.263 e. The van der Waals surface area contributed by atoms with E-state index in [2.05, 4.69) is 5.32 Å². The summed E-state index contributed by atoms with van der Waals surface area (Å²) in [5, 5.41) is 3.93. The fraction of sp³-hybridized carbons (Fsp3) is 0.273. The summed E-state index contributed by atoms with van der Waals surface area (Å²) in [6.07, 6.45) is 1.96. The van der Waals surface area contributed by atoms with Gasteiger partial charge in [-0.05, 0) is 69.0 Å². The number of nitrogens with zero attached hydrogens (tertiary/aromatic N) is 1. The molecule has 0 spiro atoms. The molecule has 0 aliphatic heterocycles. The van der Waals surface area contributed by atoms with E-state index < -0.39 is 0 Å². The Morgan fingerprint density at radius 1 is 1.00 bits per heavy atom. The van der Waals surface area contributed by atoms with Gasteiger partial charge in [-0.1, -0.05) is 18.2 Å². The zero-order valence-electron chi connectivity index (χ0n) is 15.3. The van der Waals surface area contributed by atoms with E-state index in [1.165, 1.54) is 0 Å². The highest BCUT2D eigenvalue weighted by molar-refractivity contribution is 6.05. The summed E-state index contributed by atoms with van der Waals surface area (Å²) >= 11 is 0. The summed E-state index contributed by atoms with van der Waals surface area (Å²) in [7, 11) is 0. The minimum Gasteiger partial charge on any atom is -0.326 e. The molecule has 0 bridgehead atoms.